The van der Waals surface area contributed by atoms with Crippen LogP contribution in [0.1, 0.15) is 64.7 Å². The van der Waals surface area contributed by atoms with Crippen LogP contribution in [-0.2, 0) is 9.53 Å². The monoisotopic (exact) mass is 236 g/mol. The van der Waals surface area contributed by atoms with Gasteiger partial charge in [-0.3, -0.25) is 0 Å². The van der Waals surface area contributed by atoms with Gasteiger partial charge in [-0.25, -0.2) is 4.79 Å². The van der Waals surface area contributed by atoms with E-state index in [2.05, 4.69) is 6.08 Å². The van der Waals surface area contributed by atoms with Crippen LogP contribution in [0.4, 0.5) is 0 Å². The Bertz CT molecular complexity index is 281. The molecule has 0 amide bonds. The molecular weight excluding hydrogens is 212 g/mol. The van der Waals surface area contributed by atoms with Crippen molar-refractivity contribution in [1.29, 1.82) is 0 Å². The average Bonchev–Trinajstić information content (AvgIpc) is 2.83. The molecule has 96 valence electrons. The van der Waals surface area contributed by atoms with Crippen LogP contribution < -0.4 is 0 Å². The lowest BCUT2D eigenvalue weighted by molar-refractivity contribution is -0.143. The largest absolute Gasteiger partial charge is 0.459 e. The third-order valence-electron chi connectivity index (χ3n) is 4.03. The highest BCUT2D eigenvalue weighted by Crippen LogP contribution is 2.26. The van der Waals surface area contributed by atoms with Gasteiger partial charge in [0.25, 0.3) is 0 Å². The Morgan fingerprint density at radius 1 is 1.00 bits per heavy atom. The molecule has 0 unspecified atom stereocenters. The molecule has 0 aliphatic heterocycles. The number of ether oxygens (including phenoxy) is 1. The van der Waals surface area contributed by atoms with Crippen molar-refractivity contribution in [2.24, 2.45) is 5.92 Å². The molecule has 2 heteroatoms. The minimum atomic E-state index is -0.0810. The summed E-state index contributed by atoms with van der Waals surface area (Å²) in [5.74, 6) is 0.530. The van der Waals surface area contributed by atoms with Crippen molar-refractivity contribution >= 4 is 5.97 Å². The van der Waals surface area contributed by atoms with Crippen LogP contribution in [0.3, 0.4) is 0 Å². The van der Waals surface area contributed by atoms with E-state index in [1.54, 1.807) is 0 Å². The Hall–Kier alpha value is -0.790. The third kappa shape index (κ3) is 3.86. The van der Waals surface area contributed by atoms with Crippen molar-refractivity contribution in [3.63, 3.8) is 0 Å². The molecule has 0 N–H and O–H groups in total. The number of allylic oxidation sites excluding steroid dienone is 1. The second-order valence-corrected chi connectivity index (χ2v) is 5.56. The summed E-state index contributed by atoms with van der Waals surface area (Å²) in [6.45, 7) is 1.91. The van der Waals surface area contributed by atoms with Crippen molar-refractivity contribution in [3.05, 3.63) is 11.6 Å². The average molecular weight is 236 g/mol. The topological polar surface area (TPSA) is 26.3 Å². The minimum absolute atomic E-state index is 0.0810. The van der Waals surface area contributed by atoms with E-state index in [1.807, 2.05) is 6.92 Å². The quantitative estimate of drug-likeness (QED) is 0.547. The predicted molar refractivity (Wildman–Crippen MR) is 68.7 cm³/mol. The molecule has 0 radical (unpaired) electrons. The van der Waals surface area contributed by atoms with Gasteiger partial charge in [0.05, 0.1) is 0 Å². The first-order valence-corrected chi connectivity index (χ1v) is 7.15. The van der Waals surface area contributed by atoms with Gasteiger partial charge in [0.2, 0.25) is 0 Å². The predicted octanol–water partition coefficient (Wildman–Crippen LogP) is 4.00. The van der Waals surface area contributed by atoms with E-state index < -0.39 is 0 Å². The van der Waals surface area contributed by atoms with Crippen LogP contribution in [0.5, 0.6) is 0 Å². The number of carbonyl (C=O) groups is 1. The van der Waals surface area contributed by atoms with Crippen LogP contribution in [-0.4, -0.2) is 12.1 Å². The first-order valence-electron chi connectivity index (χ1n) is 7.15. The van der Waals surface area contributed by atoms with Crippen molar-refractivity contribution in [2.75, 3.05) is 0 Å². The highest BCUT2D eigenvalue weighted by Gasteiger charge is 2.20. The normalized spacial score (nSPS) is 23.9. The zero-order chi connectivity index (χ0) is 12.1. The first-order chi connectivity index (χ1) is 8.25. The summed E-state index contributed by atoms with van der Waals surface area (Å²) < 4.78 is 5.51. The number of carbonyl (C=O) groups excluding carboxylic acids is 1. The summed E-state index contributed by atoms with van der Waals surface area (Å²) in [5, 5.41) is 0. The summed E-state index contributed by atoms with van der Waals surface area (Å²) >= 11 is 0. The van der Waals surface area contributed by atoms with Crippen LogP contribution in [0, 0.1) is 5.92 Å². The molecule has 0 heterocycles. The van der Waals surface area contributed by atoms with Crippen LogP contribution >= 0.6 is 0 Å². The molecule has 2 fully saturated rings. The second-order valence-electron chi connectivity index (χ2n) is 5.56. The van der Waals surface area contributed by atoms with Gasteiger partial charge >= 0.3 is 5.97 Å². The third-order valence-corrected chi connectivity index (χ3v) is 4.03. The lowest BCUT2D eigenvalue weighted by Gasteiger charge is -2.19. The minimum Gasteiger partial charge on any atom is -0.459 e. The smallest absolute Gasteiger partial charge is 0.333 e. The number of esters is 1. The van der Waals surface area contributed by atoms with Gasteiger partial charge in [-0.1, -0.05) is 25.3 Å². The first kappa shape index (κ1) is 12.7. The van der Waals surface area contributed by atoms with Gasteiger partial charge in [-0.05, 0) is 51.4 Å². The summed E-state index contributed by atoms with van der Waals surface area (Å²) in [6.07, 6.45) is 13.3. The Morgan fingerprint density at radius 3 is 2.24 bits per heavy atom. The van der Waals surface area contributed by atoms with Crippen molar-refractivity contribution < 1.29 is 9.53 Å². The fourth-order valence-electron chi connectivity index (χ4n) is 2.97. The summed E-state index contributed by atoms with van der Waals surface area (Å²) in [6, 6.07) is 0. The maximum Gasteiger partial charge on any atom is 0.333 e. The maximum absolute atomic E-state index is 11.9. The Morgan fingerprint density at radius 2 is 1.59 bits per heavy atom. The molecule has 2 rings (SSSR count). The number of hydrogen-bond donors (Lipinski definition) is 0. The summed E-state index contributed by atoms with van der Waals surface area (Å²) in [7, 11) is 0. The number of rotatable bonds is 3. The van der Waals surface area contributed by atoms with Crippen molar-refractivity contribution in [1.82, 2.24) is 0 Å². The molecule has 0 saturated heterocycles. The fraction of sp³-hybridized carbons (Fsp3) is 0.800. The van der Waals surface area contributed by atoms with E-state index in [0.717, 1.165) is 18.4 Å². The standard InChI is InChI=1S/C15H24O2/c1-12(11-13-7-3-2-4-8-13)15(16)17-14-9-5-6-10-14/h11,13-14H,2-10H2,1H3. The lowest BCUT2D eigenvalue weighted by atomic mass is 9.88. The van der Waals surface area contributed by atoms with Gasteiger partial charge in [-0.2, -0.15) is 0 Å². The fourth-order valence-corrected chi connectivity index (χ4v) is 2.97. The van der Waals surface area contributed by atoms with Crippen molar-refractivity contribution in [2.45, 2.75) is 70.8 Å². The van der Waals surface area contributed by atoms with Gasteiger partial charge < -0.3 is 4.74 Å². The van der Waals surface area contributed by atoms with E-state index in [9.17, 15) is 4.79 Å². The van der Waals surface area contributed by atoms with Gasteiger partial charge in [-0.15, -0.1) is 0 Å². The molecule has 2 saturated carbocycles. The molecular formula is C15H24O2. The maximum atomic E-state index is 11.9. The molecule has 0 spiro atoms. The van der Waals surface area contributed by atoms with E-state index in [1.165, 1.54) is 44.9 Å². The molecule has 2 aliphatic carbocycles. The highest BCUT2D eigenvalue weighted by molar-refractivity contribution is 5.87. The van der Waals surface area contributed by atoms with Crippen LogP contribution in [0.25, 0.3) is 0 Å². The number of hydrogen-bond acceptors (Lipinski definition) is 2. The molecule has 0 aromatic rings. The molecule has 2 aliphatic rings. The Labute approximate surface area is 104 Å². The van der Waals surface area contributed by atoms with E-state index >= 15 is 0 Å². The molecule has 0 atom stereocenters. The molecule has 0 bridgehead atoms. The second kappa shape index (κ2) is 6.23. The Balaban J connectivity index is 1.82. The molecule has 17 heavy (non-hydrogen) atoms. The highest BCUT2D eigenvalue weighted by atomic mass is 16.5. The SMILES string of the molecule is CC(=CC1CCCCC1)C(=O)OC1CCCC1. The summed E-state index contributed by atoms with van der Waals surface area (Å²) in [4.78, 5) is 11.9. The summed E-state index contributed by atoms with van der Waals surface area (Å²) in [5.41, 5.74) is 0.823. The van der Waals surface area contributed by atoms with Gasteiger partial charge in [0, 0.05) is 5.57 Å². The van der Waals surface area contributed by atoms with E-state index in [0.29, 0.717) is 5.92 Å². The zero-order valence-electron chi connectivity index (χ0n) is 10.9. The van der Waals surface area contributed by atoms with Gasteiger partial charge in [0.15, 0.2) is 0 Å². The Kier molecular flexibility index (Phi) is 4.64. The molecule has 2 nitrogen and oxygen atoms in total. The van der Waals surface area contributed by atoms with E-state index in [4.69, 9.17) is 4.74 Å². The molecule has 0 aromatic heterocycles. The van der Waals surface area contributed by atoms with Gasteiger partial charge in [0.1, 0.15) is 6.10 Å². The van der Waals surface area contributed by atoms with Crippen LogP contribution in [0.2, 0.25) is 0 Å². The zero-order valence-corrected chi connectivity index (χ0v) is 10.9. The van der Waals surface area contributed by atoms with Crippen molar-refractivity contribution in [3.8, 4) is 0 Å². The molecule has 0 aromatic carbocycles. The van der Waals surface area contributed by atoms with E-state index in [-0.39, 0.29) is 12.1 Å². The lowest BCUT2D eigenvalue weighted by Crippen LogP contribution is -2.16. The van der Waals surface area contributed by atoms with Crippen LogP contribution in [0.15, 0.2) is 11.6 Å².